The summed E-state index contributed by atoms with van der Waals surface area (Å²) in [5.74, 6) is 0.561. The van der Waals surface area contributed by atoms with Crippen LogP contribution in [0.4, 0.5) is 0 Å². The molecule has 2 N–H and O–H groups in total. The van der Waals surface area contributed by atoms with Gasteiger partial charge in [-0.15, -0.1) is 0 Å². The highest BCUT2D eigenvalue weighted by Gasteiger charge is 2.25. The summed E-state index contributed by atoms with van der Waals surface area (Å²) < 4.78 is 0. The van der Waals surface area contributed by atoms with Gasteiger partial charge in [-0.1, -0.05) is 91.0 Å². The fourth-order valence-electron chi connectivity index (χ4n) is 4.09. The molecule has 5 aromatic carbocycles. The topological polar surface area (TPSA) is 40.5 Å². The zero-order valence-corrected chi connectivity index (χ0v) is 17.3. The monoisotopic (exact) mass is 408 g/mol. The van der Waals surface area contributed by atoms with Gasteiger partial charge in [0.2, 0.25) is 0 Å². The smallest absolute Gasteiger partial charge is 0.124 e. The van der Waals surface area contributed by atoms with Crippen molar-refractivity contribution in [1.82, 2.24) is 0 Å². The van der Waals surface area contributed by atoms with Crippen LogP contribution in [-0.2, 0) is 6.16 Å². The first kappa shape index (κ1) is 18.7. The molecule has 146 valence electrons. The minimum atomic E-state index is -1.07. The molecule has 0 heterocycles. The van der Waals surface area contributed by atoms with Gasteiger partial charge in [0, 0.05) is 16.8 Å². The zero-order valence-electron chi connectivity index (χ0n) is 16.4. The molecule has 0 fully saturated rings. The largest absolute Gasteiger partial charge is 0.507 e. The molecule has 0 aromatic heterocycles. The lowest BCUT2D eigenvalue weighted by Crippen LogP contribution is -2.16. The summed E-state index contributed by atoms with van der Waals surface area (Å²) in [6, 6.07) is 34.1. The Balaban J connectivity index is 1.83. The first-order chi connectivity index (χ1) is 14.7. The Morgan fingerprint density at radius 3 is 1.50 bits per heavy atom. The molecular formula is C27H21O2P. The van der Waals surface area contributed by atoms with E-state index in [-0.39, 0.29) is 11.5 Å². The highest BCUT2D eigenvalue weighted by molar-refractivity contribution is 7.73. The van der Waals surface area contributed by atoms with Gasteiger partial charge in [0.15, 0.2) is 0 Å². The second-order valence-electron chi connectivity index (χ2n) is 7.38. The van der Waals surface area contributed by atoms with Crippen molar-refractivity contribution in [2.24, 2.45) is 0 Å². The van der Waals surface area contributed by atoms with Crippen LogP contribution in [-0.4, -0.2) is 10.2 Å². The van der Waals surface area contributed by atoms with Gasteiger partial charge in [0.05, 0.1) is 0 Å². The van der Waals surface area contributed by atoms with Gasteiger partial charge in [-0.25, -0.2) is 0 Å². The van der Waals surface area contributed by atoms with Crippen molar-refractivity contribution in [3.05, 3.63) is 109 Å². The number of hydrogen-bond acceptors (Lipinski definition) is 2. The lowest BCUT2D eigenvalue weighted by molar-refractivity contribution is 0.480. The van der Waals surface area contributed by atoms with E-state index in [0.29, 0.717) is 0 Å². The van der Waals surface area contributed by atoms with Gasteiger partial charge in [-0.2, -0.15) is 0 Å². The van der Waals surface area contributed by atoms with Crippen molar-refractivity contribution in [2.45, 2.75) is 6.16 Å². The van der Waals surface area contributed by atoms with E-state index in [0.717, 1.165) is 38.3 Å². The van der Waals surface area contributed by atoms with E-state index in [2.05, 4.69) is 36.4 Å². The Bertz CT molecular complexity index is 1260. The van der Waals surface area contributed by atoms with Crippen molar-refractivity contribution in [2.75, 3.05) is 0 Å². The van der Waals surface area contributed by atoms with Gasteiger partial charge < -0.3 is 10.2 Å². The molecule has 0 aliphatic rings. The number of phenolic OH excluding ortho intramolecular Hbond substituents is 2. The molecule has 0 radical (unpaired) electrons. The second-order valence-corrected chi connectivity index (χ2v) is 9.45. The van der Waals surface area contributed by atoms with Gasteiger partial charge >= 0.3 is 0 Å². The van der Waals surface area contributed by atoms with Gasteiger partial charge in [-0.05, 0) is 47.2 Å². The highest BCUT2D eigenvalue weighted by Crippen LogP contribution is 2.47. The number of benzene rings is 5. The predicted octanol–water partition coefficient (Wildman–Crippen LogP) is 6.04. The molecule has 0 saturated carbocycles. The Labute approximate surface area is 176 Å². The van der Waals surface area contributed by atoms with E-state index in [1.807, 2.05) is 54.6 Å². The van der Waals surface area contributed by atoms with Crippen LogP contribution >= 0.6 is 7.92 Å². The van der Waals surface area contributed by atoms with Crippen molar-refractivity contribution in [1.29, 1.82) is 0 Å². The summed E-state index contributed by atoms with van der Waals surface area (Å²) >= 11 is 0. The molecule has 0 aliphatic heterocycles. The number of hydrogen-bond donors (Lipinski definition) is 2. The van der Waals surface area contributed by atoms with E-state index in [1.54, 1.807) is 12.1 Å². The fraction of sp³-hybridized carbons (Fsp3) is 0.0370. The van der Waals surface area contributed by atoms with Gasteiger partial charge in [-0.3, -0.25) is 0 Å². The van der Waals surface area contributed by atoms with Crippen LogP contribution in [0, 0.1) is 0 Å². The third-order valence-electron chi connectivity index (χ3n) is 5.48. The van der Waals surface area contributed by atoms with E-state index < -0.39 is 7.92 Å². The molecule has 3 heteroatoms. The molecule has 0 amide bonds. The number of fused-ring (bicyclic) bond motifs is 2. The van der Waals surface area contributed by atoms with Crippen LogP contribution in [0.25, 0.3) is 21.5 Å². The highest BCUT2D eigenvalue weighted by atomic mass is 31.1. The van der Waals surface area contributed by atoms with Crippen LogP contribution in [0.5, 0.6) is 11.5 Å². The standard InChI is InChI=1S/C27H21O2P/c28-24-16-14-20-10-4-6-12-22(20)26(24)30(18-19-8-2-1-3-9-19)27-23-13-7-5-11-21(23)15-17-25(27)29/h1-17,28-29H,18H2. The number of aromatic hydroxyl groups is 2. The van der Waals surface area contributed by atoms with Crippen LogP contribution in [0.2, 0.25) is 0 Å². The Morgan fingerprint density at radius 1 is 0.500 bits per heavy atom. The molecule has 0 atom stereocenters. The minimum absolute atomic E-state index is 0.281. The predicted molar refractivity (Wildman–Crippen MR) is 128 cm³/mol. The summed E-state index contributed by atoms with van der Waals surface area (Å²) in [6.07, 6.45) is 0.735. The average molecular weight is 408 g/mol. The van der Waals surface area contributed by atoms with Crippen molar-refractivity contribution in [3.8, 4) is 11.5 Å². The van der Waals surface area contributed by atoms with Crippen LogP contribution < -0.4 is 10.6 Å². The van der Waals surface area contributed by atoms with E-state index in [1.165, 1.54) is 5.56 Å². The first-order valence-corrected chi connectivity index (χ1v) is 11.5. The molecule has 2 nitrogen and oxygen atoms in total. The van der Waals surface area contributed by atoms with Crippen molar-refractivity contribution in [3.63, 3.8) is 0 Å². The van der Waals surface area contributed by atoms with E-state index >= 15 is 0 Å². The van der Waals surface area contributed by atoms with Crippen LogP contribution in [0.1, 0.15) is 5.56 Å². The quantitative estimate of drug-likeness (QED) is 0.356. The summed E-state index contributed by atoms with van der Waals surface area (Å²) in [4.78, 5) is 0. The molecular weight excluding hydrogens is 387 g/mol. The minimum Gasteiger partial charge on any atom is -0.507 e. The summed E-state index contributed by atoms with van der Waals surface area (Å²) in [7, 11) is -1.07. The van der Waals surface area contributed by atoms with Crippen molar-refractivity contribution >= 4 is 40.1 Å². The summed E-state index contributed by atoms with van der Waals surface area (Å²) in [6.45, 7) is 0. The molecule has 30 heavy (non-hydrogen) atoms. The van der Waals surface area contributed by atoms with Gasteiger partial charge in [0.1, 0.15) is 11.5 Å². The maximum absolute atomic E-state index is 11.0. The first-order valence-electron chi connectivity index (χ1n) is 9.95. The molecule has 0 aliphatic carbocycles. The Hall–Kier alpha value is -3.35. The number of phenols is 2. The maximum Gasteiger partial charge on any atom is 0.124 e. The summed E-state index contributed by atoms with van der Waals surface area (Å²) in [5.41, 5.74) is 1.18. The van der Waals surface area contributed by atoms with Gasteiger partial charge in [0.25, 0.3) is 0 Å². The van der Waals surface area contributed by atoms with Crippen LogP contribution in [0.15, 0.2) is 103 Å². The summed E-state index contributed by atoms with van der Waals surface area (Å²) in [5, 5.41) is 28.1. The zero-order chi connectivity index (χ0) is 20.5. The lowest BCUT2D eigenvalue weighted by atomic mass is 10.1. The molecule has 0 saturated heterocycles. The van der Waals surface area contributed by atoms with E-state index in [9.17, 15) is 10.2 Å². The second kappa shape index (κ2) is 7.82. The normalized spacial score (nSPS) is 11.4. The molecule has 5 aromatic rings. The molecule has 0 unspecified atom stereocenters. The van der Waals surface area contributed by atoms with Crippen molar-refractivity contribution < 1.29 is 10.2 Å². The maximum atomic E-state index is 11.0. The van der Waals surface area contributed by atoms with E-state index in [4.69, 9.17) is 0 Å². The number of rotatable bonds is 4. The third kappa shape index (κ3) is 3.30. The third-order valence-corrected chi connectivity index (χ3v) is 8.18. The lowest BCUT2D eigenvalue weighted by Gasteiger charge is -2.24. The van der Waals surface area contributed by atoms with Crippen LogP contribution in [0.3, 0.4) is 0 Å². The average Bonchev–Trinajstić information content (AvgIpc) is 2.79. The molecule has 0 spiro atoms. The molecule has 5 rings (SSSR count). The SMILES string of the molecule is Oc1ccc2ccccc2c1P(Cc1ccccc1)c1c(O)ccc2ccccc12. The Morgan fingerprint density at radius 2 is 0.967 bits per heavy atom. The Kier molecular flexibility index (Phi) is 4.86. The fourth-order valence-corrected chi connectivity index (χ4v) is 6.90. The molecule has 0 bridgehead atoms.